The molecule has 1 aliphatic heterocycles. The topological polar surface area (TPSA) is 49.6 Å². The molecule has 1 aliphatic rings. The minimum atomic E-state index is -0.357. The summed E-state index contributed by atoms with van der Waals surface area (Å²) in [5, 5.41) is 10.9. The van der Waals surface area contributed by atoms with Crippen molar-refractivity contribution < 1.29 is 9.31 Å². The lowest BCUT2D eigenvalue weighted by Crippen LogP contribution is -2.46. The molecule has 0 spiro atoms. The van der Waals surface area contributed by atoms with Gasteiger partial charge >= 0.3 is 5.00 Å². The van der Waals surface area contributed by atoms with Crippen molar-refractivity contribution in [1.29, 1.82) is 0 Å². The van der Waals surface area contributed by atoms with E-state index in [4.69, 9.17) is 0 Å². The van der Waals surface area contributed by atoms with Crippen molar-refractivity contribution in [1.82, 2.24) is 4.90 Å². The Morgan fingerprint density at radius 1 is 1.14 bits per heavy atom. The van der Waals surface area contributed by atoms with Gasteiger partial charge in [0, 0.05) is 43.7 Å². The summed E-state index contributed by atoms with van der Waals surface area (Å²) >= 11 is 1.22. The lowest BCUT2D eigenvalue weighted by Gasteiger charge is -2.36. The van der Waals surface area contributed by atoms with Crippen molar-refractivity contribution in [3.8, 4) is 0 Å². The average Bonchev–Trinajstić information content (AvgIpc) is 2.98. The van der Waals surface area contributed by atoms with Gasteiger partial charge in [0.05, 0.1) is 10.6 Å². The van der Waals surface area contributed by atoms with Crippen LogP contribution in [0.2, 0.25) is 0 Å². The molecule has 0 N–H and O–H groups in total. The van der Waals surface area contributed by atoms with Crippen LogP contribution in [0.1, 0.15) is 4.88 Å². The molecular weight excluding hydrogens is 305 g/mol. The second-order valence-corrected chi connectivity index (χ2v) is 6.36. The van der Waals surface area contributed by atoms with Crippen LogP contribution in [0.25, 0.3) is 0 Å². The highest BCUT2D eigenvalue weighted by molar-refractivity contribution is 7.15. The second kappa shape index (κ2) is 6.41. The molecule has 0 unspecified atom stereocenters. The third kappa shape index (κ3) is 3.26. The van der Waals surface area contributed by atoms with Gasteiger partial charge in [-0.15, -0.1) is 0 Å². The van der Waals surface area contributed by atoms with E-state index in [1.54, 1.807) is 18.2 Å². The minimum absolute atomic E-state index is 0.181. The van der Waals surface area contributed by atoms with E-state index in [2.05, 4.69) is 4.90 Å². The van der Waals surface area contributed by atoms with E-state index in [0.717, 1.165) is 31.1 Å². The Kier molecular flexibility index (Phi) is 4.35. The highest BCUT2D eigenvalue weighted by Crippen LogP contribution is 2.26. The fraction of sp³-hybridized carbons (Fsp3) is 0.333. The number of hydrogen-bond acceptors (Lipinski definition) is 5. The van der Waals surface area contributed by atoms with Crippen LogP contribution in [-0.4, -0.2) is 36.0 Å². The molecule has 2 aromatic rings. The van der Waals surface area contributed by atoms with Gasteiger partial charge in [0.1, 0.15) is 5.82 Å². The van der Waals surface area contributed by atoms with Crippen LogP contribution in [0, 0.1) is 15.9 Å². The van der Waals surface area contributed by atoms with Crippen LogP contribution in [0.4, 0.5) is 15.1 Å². The number of hydrogen-bond donors (Lipinski definition) is 0. The van der Waals surface area contributed by atoms with E-state index in [-0.39, 0.29) is 15.7 Å². The SMILES string of the molecule is O=[N+]([O-])c1ccc(CN2CCN(c3ccccc3F)CC2)s1. The van der Waals surface area contributed by atoms with Gasteiger partial charge in [-0.3, -0.25) is 15.0 Å². The number of para-hydroxylation sites is 1. The van der Waals surface area contributed by atoms with Crippen LogP contribution in [0.5, 0.6) is 0 Å². The second-order valence-electron chi connectivity index (χ2n) is 5.21. The Balaban J connectivity index is 1.57. The maximum Gasteiger partial charge on any atom is 0.324 e. The number of nitro groups is 1. The highest BCUT2D eigenvalue weighted by Gasteiger charge is 2.20. The zero-order valence-electron chi connectivity index (χ0n) is 11.9. The molecule has 1 aromatic heterocycles. The molecular formula is C15H16FN3O2S. The van der Waals surface area contributed by atoms with Crippen LogP contribution in [0.15, 0.2) is 36.4 Å². The number of thiophene rings is 1. The number of benzene rings is 1. The molecule has 2 heterocycles. The summed E-state index contributed by atoms with van der Waals surface area (Å²) in [6.45, 7) is 3.87. The number of halogens is 1. The van der Waals surface area contributed by atoms with E-state index in [1.165, 1.54) is 17.4 Å². The van der Waals surface area contributed by atoms with Crippen LogP contribution < -0.4 is 4.90 Å². The quantitative estimate of drug-likeness (QED) is 0.641. The summed E-state index contributed by atoms with van der Waals surface area (Å²) in [6.07, 6.45) is 0. The minimum Gasteiger partial charge on any atom is -0.367 e. The first-order chi connectivity index (χ1) is 10.6. The zero-order chi connectivity index (χ0) is 15.5. The maximum atomic E-state index is 13.8. The molecule has 5 nitrogen and oxygen atoms in total. The number of anilines is 1. The zero-order valence-corrected chi connectivity index (χ0v) is 12.8. The van der Waals surface area contributed by atoms with Gasteiger partial charge in [-0.1, -0.05) is 23.5 Å². The number of rotatable bonds is 4. The molecule has 7 heteroatoms. The third-order valence-electron chi connectivity index (χ3n) is 3.77. The summed E-state index contributed by atoms with van der Waals surface area (Å²) in [7, 11) is 0. The van der Waals surface area contributed by atoms with E-state index in [0.29, 0.717) is 12.2 Å². The molecule has 0 atom stereocenters. The van der Waals surface area contributed by atoms with Crippen molar-refractivity contribution >= 4 is 22.0 Å². The molecule has 116 valence electrons. The van der Waals surface area contributed by atoms with E-state index < -0.39 is 0 Å². The Bertz CT molecular complexity index is 668. The van der Waals surface area contributed by atoms with Crippen molar-refractivity contribution in [2.24, 2.45) is 0 Å². The maximum absolute atomic E-state index is 13.8. The molecule has 0 saturated carbocycles. The number of nitrogens with zero attached hydrogens (tertiary/aromatic N) is 3. The van der Waals surface area contributed by atoms with Crippen LogP contribution >= 0.6 is 11.3 Å². The lowest BCUT2D eigenvalue weighted by atomic mass is 10.2. The Hall–Kier alpha value is -1.99. The fourth-order valence-electron chi connectivity index (χ4n) is 2.63. The van der Waals surface area contributed by atoms with Gasteiger partial charge in [0.25, 0.3) is 0 Å². The van der Waals surface area contributed by atoms with Crippen molar-refractivity contribution in [2.75, 3.05) is 31.1 Å². The normalized spacial score (nSPS) is 16.0. The van der Waals surface area contributed by atoms with Gasteiger partial charge in [-0.2, -0.15) is 0 Å². The van der Waals surface area contributed by atoms with Gasteiger partial charge in [-0.25, -0.2) is 4.39 Å². The molecule has 0 aliphatic carbocycles. The van der Waals surface area contributed by atoms with Gasteiger partial charge < -0.3 is 4.90 Å². The molecule has 3 rings (SSSR count). The largest absolute Gasteiger partial charge is 0.367 e. The molecule has 1 saturated heterocycles. The smallest absolute Gasteiger partial charge is 0.324 e. The van der Waals surface area contributed by atoms with E-state index >= 15 is 0 Å². The van der Waals surface area contributed by atoms with Crippen LogP contribution in [0.3, 0.4) is 0 Å². The third-order valence-corrected chi connectivity index (χ3v) is 4.79. The summed E-state index contributed by atoms with van der Waals surface area (Å²) in [5.41, 5.74) is 0.647. The molecule has 1 aromatic carbocycles. The van der Waals surface area contributed by atoms with Crippen molar-refractivity contribution in [3.63, 3.8) is 0 Å². The summed E-state index contributed by atoms with van der Waals surface area (Å²) in [5.74, 6) is -0.190. The van der Waals surface area contributed by atoms with Crippen molar-refractivity contribution in [3.05, 3.63) is 57.2 Å². The Morgan fingerprint density at radius 3 is 2.50 bits per heavy atom. The highest BCUT2D eigenvalue weighted by atomic mass is 32.1. The molecule has 22 heavy (non-hydrogen) atoms. The lowest BCUT2D eigenvalue weighted by molar-refractivity contribution is -0.380. The molecule has 1 fully saturated rings. The summed E-state index contributed by atoms with van der Waals surface area (Å²) < 4.78 is 13.8. The predicted molar refractivity (Wildman–Crippen MR) is 84.9 cm³/mol. The summed E-state index contributed by atoms with van der Waals surface area (Å²) in [6, 6.07) is 10.2. The molecule has 0 amide bonds. The fourth-order valence-corrected chi connectivity index (χ4v) is 3.49. The Labute approximate surface area is 131 Å². The predicted octanol–water partition coefficient (Wildman–Crippen LogP) is 3.12. The standard InChI is InChI=1S/C15H16FN3O2S/c16-13-3-1-2-4-14(13)18-9-7-17(8-10-18)11-12-5-6-15(22-12)19(20)21/h1-6H,7-11H2. The average molecular weight is 321 g/mol. The Morgan fingerprint density at radius 2 is 1.86 bits per heavy atom. The molecule has 0 radical (unpaired) electrons. The van der Waals surface area contributed by atoms with Crippen LogP contribution in [-0.2, 0) is 6.54 Å². The van der Waals surface area contributed by atoms with Gasteiger partial charge in [0.2, 0.25) is 0 Å². The number of piperazine rings is 1. The summed E-state index contributed by atoms with van der Waals surface area (Å²) in [4.78, 5) is 15.6. The first kappa shape index (κ1) is 14.9. The monoisotopic (exact) mass is 321 g/mol. The first-order valence-electron chi connectivity index (χ1n) is 7.08. The van der Waals surface area contributed by atoms with Gasteiger partial charge in [-0.05, 0) is 18.2 Å². The van der Waals surface area contributed by atoms with Crippen molar-refractivity contribution in [2.45, 2.75) is 6.54 Å². The molecule has 0 bridgehead atoms. The van der Waals surface area contributed by atoms with E-state index in [9.17, 15) is 14.5 Å². The first-order valence-corrected chi connectivity index (χ1v) is 7.90. The van der Waals surface area contributed by atoms with Gasteiger partial charge in [0.15, 0.2) is 0 Å². The van der Waals surface area contributed by atoms with E-state index in [1.807, 2.05) is 17.0 Å².